The molecule has 0 fully saturated rings. The number of rotatable bonds is 3. The Hall–Kier alpha value is -1.76. The van der Waals surface area contributed by atoms with Crippen LogP contribution >= 0.6 is 12.2 Å². The van der Waals surface area contributed by atoms with Gasteiger partial charge in [-0.15, -0.1) is 0 Å². The zero-order valence-corrected chi connectivity index (χ0v) is 8.54. The minimum Gasteiger partial charge on any atom is -0.481 e. The predicted molar refractivity (Wildman–Crippen MR) is 53.7 cm³/mol. The molecule has 6 nitrogen and oxygen atoms in total. The van der Waals surface area contributed by atoms with E-state index < -0.39 is 5.97 Å². The Labute approximate surface area is 89.6 Å². The molecule has 0 bridgehead atoms. The van der Waals surface area contributed by atoms with E-state index >= 15 is 0 Å². The van der Waals surface area contributed by atoms with Crippen LogP contribution in [0.25, 0.3) is 11.2 Å². The van der Waals surface area contributed by atoms with Crippen LogP contribution in [0.1, 0.15) is 6.42 Å². The van der Waals surface area contributed by atoms with Crippen LogP contribution in [0.2, 0.25) is 0 Å². The first-order valence-electron chi connectivity index (χ1n) is 4.34. The summed E-state index contributed by atoms with van der Waals surface area (Å²) < 4.78 is 2.24. The van der Waals surface area contributed by atoms with Gasteiger partial charge in [0.15, 0.2) is 17.3 Å². The monoisotopic (exact) mass is 225 g/mol. The maximum absolute atomic E-state index is 10.4. The molecule has 0 aliphatic rings. The van der Waals surface area contributed by atoms with Crippen LogP contribution in [0.15, 0.2) is 12.7 Å². The number of aryl methyl sites for hydroxylation is 1. The minimum atomic E-state index is -0.829. The highest BCUT2D eigenvalue weighted by Gasteiger charge is 2.11. The third-order valence-electron chi connectivity index (χ3n) is 2.05. The van der Waals surface area contributed by atoms with Gasteiger partial charge in [-0.3, -0.25) is 14.8 Å². The van der Waals surface area contributed by atoms with E-state index in [-0.39, 0.29) is 6.42 Å². The molecule has 7 heteroatoms. The number of aromatic nitrogens is 4. The third kappa shape index (κ3) is 1.86. The Morgan fingerprint density at radius 1 is 1.60 bits per heavy atom. The van der Waals surface area contributed by atoms with Gasteiger partial charge in [-0.25, -0.2) is 9.55 Å². The summed E-state index contributed by atoms with van der Waals surface area (Å²) in [6.45, 7) is 0.393. The zero-order chi connectivity index (χ0) is 10.8. The van der Waals surface area contributed by atoms with E-state index in [4.69, 9.17) is 17.3 Å². The van der Waals surface area contributed by atoms with Crippen LogP contribution in [-0.4, -0.2) is 26.0 Å². The number of aromatic amines is 2. The van der Waals surface area contributed by atoms with Gasteiger partial charge >= 0.3 is 5.97 Å². The number of carbonyl (C=O) groups is 1. The summed E-state index contributed by atoms with van der Waals surface area (Å²) in [5.74, 6) is -0.829. The Morgan fingerprint density at radius 3 is 3.13 bits per heavy atom. The van der Waals surface area contributed by atoms with E-state index in [9.17, 15) is 4.79 Å². The molecule has 0 saturated heterocycles. The van der Waals surface area contributed by atoms with Gasteiger partial charge in [-0.2, -0.15) is 0 Å². The quantitative estimate of drug-likeness (QED) is 0.521. The lowest BCUT2D eigenvalue weighted by Gasteiger charge is -1.94. The van der Waals surface area contributed by atoms with Crippen molar-refractivity contribution < 1.29 is 14.5 Å². The average Bonchev–Trinajstić information content (AvgIpc) is 2.59. The molecule has 0 spiro atoms. The van der Waals surface area contributed by atoms with E-state index in [1.807, 2.05) is 0 Å². The van der Waals surface area contributed by atoms with E-state index in [0.717, 1.165) is 11.2 Å². The van der Waals surface area contributed by atoms with E-state index in [1.54, 1.807) is 10.9 Å². The van der Waals surface area contributed by atoms with Crippen molar-refractivity contribution in [2.75, 3.05) is 0 Å². The van der Waals surface area contributed by atoms with Crippen molar-refractivity contribution >= 4 is 29.4 Å². The highest BCUT2D eigenvalue weighted by molar-refractivity contribution is 7.71. The van der Waals surface area contributed by atoms with Crippen LogP contribution in [0, 0.1) is 4.64 Å². The van der Waals surface area contributed by atoms with Crippen LogP contribution in [-0.2, 0) is 11.3 Å². The highest BCUT2D eigenvalue weighted by atomic mass is 32.1. The molecule has 0 aliphatic carbocycles. The summed E-state index contributed by atoms with van der Waals surface area (Å²) in [4.78, 5) is 20.2. The standard InChI is InChI=1S/C8H8N4O2S/c13-5(14)1-2-12-4-11-6-7(12)9-3-10-8(6)15/h3-4H,1-2H2,(H2,9,10,13,14,15)/p+1. The minimum absolute atomic E-state index is 0.0700. The number of H-pyrrole nitrogens is 2. The summed E-state index contributed by atoms with van der Waals surface area (Å²) in [7, 11) is 0. The number of nitrogens with one attached hydrogen (secondary N) is 2. The van der Waals surface area contributed by atoms with Crippen molar-refractivity contribution in [1.82, 2.24) is 15.0 Å². The molecule has 0 unspecified atom stereocenters. The number of imidazole rings is 1. The molecular weight excluding hydrogens is 216 g/mol. The van der Waals surface area contributed by atoms with Crippen molar-refractivity contribution in [2.45, 2.75) is 13.0 Å². The molecule has 0 aliphatic heterocycles. The fourth-order valence-corrected chi connectivity index (χ4v) is 1.55. The summed E-state index contributed by atoms with van der Waals surface area (Å²) >= 11 is 5.01. The van der Waals surface area contributed by atoms with Gasteiger partial charge in [0.1, 0.15) is 0 Å². The molecule has 3 N–H and O–H groups in total. The number of hydrogen-bond donors (Lipinski definition) is 3. The van der Waals surface area contributed by atoms with Gasteiger partial charge in [0.25, 0.3) is 5.65 Å². The molecule has 0 atom stereocenters. The molecule has 0 aromatic carbocycles. The molecule has 78 valence electrons. The zero-order valence-electron chi connectivity index (χ0n) is 7.73. The average molecular weight is 225 g/mol. The van der Waals surface area contributed by atoms with Gasteiger partial charge in [0.05, 0.1) is 13.0 Å². The van der Waals surface area contributed by atoms with Gasteiger partial charge in [-0.05, 0) is 0 Å². The second-order valence-corrected chi connectivity index (χ2v) is 3.43. The van der Waals surface area contributed by atoms with Crippen LogP contribution < -0.4 is 4.57 Å². The van der Waals surface area contributed by atoms with Crippen molar-refractivity contribution in [3.63, 3.8) is 0 Å². The van der Waals surface area contributed by atoms with Crippen LogP contribution in [0.5, 0.6) is 0 Å². The summed E-state index contributed by atoms with van der Waals surface area (Å²) in [5.41, 5.74) is 1.48. The normalized spacial score (nSPS) is 10.7. The largest absolute Gasteiger partial charge is 0.481 e. The highest BCUT2D eigenvalue weighted by Crippen LogP contribution is 2.02. The summed E-state index contributed by atoms with van der Waals surface area (Å²) in [6, 6.07) is 0. The van der Waals surface area contributed by atoms with Crippen molar-refractivity contribution in [3.05, 3.63) is 17.3 Å². The Bertz CT molecular complexity index is 559. The number of aliphatic carboxylic acids is 1. The van der Waals surface area contributed by atoms with Crippen molar-refractivity contribution in [2.24, 2.45) is 0 Å². The number of carboxylic acids is 1. The number of fused-ring (bicyclic) bond motifs is 1. The van der Waals surface area contributed by atoms with Crippen molar-refractivity contribution in [3.8, 4) is 0 Å². The summed E-state index contributed by atoms with van der Waals surface area (Å²) in [5, 5.41) is 8.57. The molecule has 2 aromatic rings. The van der Waals surface area contributed by atoms with Gasteiger partial charge < -0.3 is 5.11 Å². The molecule has 2 aromatic heterocycles. The van der Waals surface area contributed by atoms with Gasteiger partial charge in [-0.1, -0.05) is 12.2 Å². The molecule has 15 heavy (non-hydrogen) atoms. The maximum atomic E-state index is 10.4. The second kappa shape index (κ2) is 3.77. The molecule has 2 rings (SSSR count). The Balaban J connectivity index is 2.41. The molecule has 0 saturated carbocycles. The van der Waals surface area contributed by atoms with E-state index in [0.29, 0.717) is 11.2 Å². The van der Waals surface area contributed by atoms with Gasteiger partial charge in [0.2, 0.25) is 5.52 Å². The summed E-state index contributed by atoms with van der Waals surface area (Å²) in [6.07, 6.45) is 3.25. The second-order valence-electron chi connectivity index (χ2n) is 3.04. The Kier molecular flexibility index (Phi) is 2.46. The Morgan fingerprint density at radius 2 is 2.40 bits per heavy atom. The third-order valence-corrected chi connectivity index (χ3v) is 2.36. The lowest BCUT2D eigenvalue weighted by Crippen LogP contribution is -2.33. The number of nitrogens with zero attached hydrogens (tertiary/aromatic N) is 2. The lowest BCUT2D eigenvalue weighted by atomic mass is 10.4. The van der Waals surface area contributed by atoms with E-state index in [1.165, 1.54) is 6.33 Å². The topological polar surface area (TPSA) is 85.7 Å². The van der Waals surface area contributed by atoms with E-state index in [2.05, 4.69) is 15.0 Å². The first-order valence-corrected chi connectivity index (χ1v) is 4.75. The van der Waals surface area contributed by atoms with Gasteiger partial charge in [0, 0.05) is 0 Å². The molecular formula is C8H9N4O2S+. The SMILES string of the molecule is O=C(O)CC[n+]1c[nH]c2c(=S)nc[nH]c21. The lowest BCUT2D eigenvalue weighted by molar-refractivity contribution is -0.672. The number of carboxylic acid groups (broad SMARTS) is 1. The smallest absolute Gasteiger partial charge is 0.306 e. The van der Waals surface area contributed by atoms with Crippen LogP contribution in [0.3, 0.4) is 0 Å². The van der Waals surface area contributed by atoms with Crippen LogP contribution in [0.4, 0.5) is 0 Å². The number of hydrogen-bond acceptors (Lipinski definition) is 3. The molecule has 0 radical (unpaired) electrons. The first-order chi connectivity index (χ1) is 7.18. The fourth-order valence-electron chi connectivity index (χ4n) is 1.35. The van der Waals surface area contributed by atoms with Crippen molar-refractivity contribution in [1.29, 1.82) is 0 Å². The maximum Gasteiger partial charge on any atom is 0.306 e. The molecule has 0 amide bonds. The molecule has 2 heterocycles. The fraction of sp³-hybridized carbons (Fsp3) is 0.250. The predicted octanol–water partition coefficient (Wildman–Crippen LogP) is 0.383. The first kappa shape index (κ1) is 9.78.